The van der Waals surface area contributed by atoms with Gasteiger partial charge in [0, 0.05) is 0 Å². The maximum absolute atomic E-state index is 12.1. The van der Waals surface area contributed by atoms with Crippen LogP contribution in [0.5, 0.6) is 5.88 Å². The average Bonchev–Trinajstić information content (AvgIpc) is 2.25. The molecule has 0 unspecified atom stereocenters. The van der Waals surface area contributed by atoms with E-state index in [0.717, 1.165) is 0 Å². The number of halogens is 4. The maximum atomic E-state index is 12.1. The molecule has 0 amide bonds. The van der Waals surface area contributed by atoms with E-state index in [4.69, 9.17) is 17.3 Å². The van der Waals surface area contributed by atoms with Gasteiger partial charge in [0.05, 0.1) is 5.52 Å². The minimum atomic E-state index is -4.48. The zero-order valence-electron chi connectivity index (χ0n) is 8.70. The number of rotatable bonds is 2. The lowest BCUT2D eigenvalue weighted by molar-refractivity contribution is -0.153. The Bertz CT molecular complexity index is 590. The molecule has 0 spiro atoms. The molecule has 18 heavy (non-hydrogen) atoms. The Morgan fingerprint density at radius 2 is 1.94 bits per heavy atom. The van der Waals surface area contributed by atoms with Crippen LogP contribution < -0.4 is 10.5 Å². The summed E-state index contributed by atoms with van der Waals surface area (Å²) >= 11 is 5.64. The Morgan fingerprint density at radius 3 is 2.61 bits per heavy atom. The molecule has 0 bridgehead atoms. The number of anilines is 1. The van der Waals surface area contributed by atoms with E-state index >= 15 is 0 Å². The van der Waals surface area contributed by atoms with Crippen molar-refractivity contribution in [1.29, 1.82) is 0 Å². The molecular weight excluding hydrogens is 273 g/mol. The number of aromatic nitrogens is 3. The zero-order chi connectivity index (χ0) is 13.3. The van der Waals surface area contributed by atoms with Crippen LogP contribution in [0.3, 0.4) is 0 Å². The van der Waals surface area contributed by atoms with Crippen molar-refractivity contribution in [3.8, 4) is 5.88 Å². The summed E-state index contributed by atoms with van der Waals surface area (Å²) in [5.74, 6) is -0.555. The van der Waals surface area contributed by atoms with Gasteiger partial charge < -0.3 is 10.5 Å². The van der Waals surface area contributed by atoms with Crippen LogP contribution in [-0.4, -0.2) is 27.7 Å². The van der Waals surface area contributed by atoms with E-state index in [1.807, 2.05) is 0 Å². The Kier molecular flexibility index (Phi) is 3.12. The quantitative estimate of drug-likeness (QED) is 0.853. The van der Waals surface area contributed by atoms with Gasteiger partial charge in [0.25, 0.3) is 0 Å². The number of hydrogen-bond donors (Lipinski definition) is 1. The van der Waals surface area contributed by atoms with Gasteiger partial charge in [-0.25, -0.2) is 9.97 Å². The van der Waals surface area contributed by atoms with Gasteiger partial charge in [-0.1, -0.05) is 11.6 Å². The van der Waals surface area contributed by atoms with Crippen molar-refractivity contribution in [2.24, 2.45) is 0 Å². The first-order valence-electron chi connectivity index (χ1n) is 4.64. The van der Waals surface area contributed by atoms with Gasteiger partial charge in [-0.3, -0.25) is 0 Å². The van der Waals surface area contributed by atoms with E-state index in [-0.39, 0.29) is 28.0 Å². The third kappa shape index (κ3) is 2.89. The molecule has 9 heteroatoms. The lowest BCUT2D eigenvalue weighted by Gasteiger charge is -2.10. The SMILES string of the molecule is Nc1nc(OCC(F)(F)F)c2nc(Cl)ccc2n1. The summed E-state index contributed by atoms with van der Waals surface area (Å²) in [6.45, 7) is -1.49. The van der Waals surface area contributed by atoms with E-state index in [9.17, 15) is 13.2 Å². The van der Waals surface area contributed by atoms with Crippen LogP contribution in [0.25, 0.3) is 11.0 Å². The molecule has 0 saturated carbocycles. The highest BCUT2D eigenvalue weighted by atomic mass is 35.5. The van der Waals surface area contributed by atoms with Gasteiger partial charge in [0.2, 0.25) is 11.8 Å². The number of nitrogens with zero attached hydrogens (tertiary/aromatic N) is 3. The zero-order valence-corrected chi connectivity index (χ0v) is 9.46. The van der Waals surface area contributed by atoms with Crippen molar-refractivity contribution in [2.75, 3.05) is 12.3 Å². The first-order chi connectivity index (χ1) is 8.35. The topological polar surface area (TPSA) is 73.9 Å². The van der Waals surface area contributed by atoms with Crippen LogP contribution in [0.15, 0.2) is 12.1 Å². The van der Waals surface area contributed by atoms with Crippen molar-refractivity contribution in [3.05, 3.63) is 17.3 Å². The smallest absolute Gasteiger partial charge is 0.422 e. The summed E-state index contributed by atoms with van der Waals surface area (Å²) in [7, 11) is 0. The minimum Gasteiger partial charge on any atom is -0.466 e. The summed E-state index contributed by atoms with van der Waals surface area (Å²) in [5, 5.41) is 0.0905. The van der Waals surface area contributed by atoms with Crippen LogP contribution >= 0.6 is 11.6 Å². The van der Waals surface area contributed by atoms with Gasteiger partial charge in [-0.05, 0) is 12.1 Å². The molecule has 2 aromatic heterocycles. The standard InChI is InChI=1S/C9H6ClF3N4O/c10-5-2-1-4-6(16-5)7(17-8(14)15-4)18-3-9(11,12)13/h1-2H,3H2,(H2,14,15,17). The Morgan fingerprint density at radius 1 is 1.22 bits per heavy atom. The van der Waals surface area contributed by atoms with E-state index < -0.39 is 12.8 Å². The van der Waals surface area contributed by atoms with Crippen LogP contribution in [0.2, 0.25) is 5.15 Å². The van der Waals surface area contributed by atoms with Crippen molar-refractivity contribution in [2.45, 2.75) is 6.18 Å². The van der Waals surface area contributed by atoms with Gasteiger partial charge >= 0.3 is 6.18 Å². The Balaban J connectivity index is 2.44. The first kappa shape index (κ1) is 12.6. The largest absolute Gasteiger partial charge is 0.466 e. The highest BCUT2D eigenvalue weighted by Crippen LogP contribution is 2.25. The Hall–Kier alpha value is -1.83. The molecule has 0 aromatic carbocycles. The predicted octanol–water partition coefficient (Wildman–Crippen LogP) is 2.20. The fourth-order valence-corrected chi connectivity index (χ4v) is 1.38. The summed E-state index contributed by atoms with van der Waals surface area (Å²) in [5.41, 5.74) is 5.64. The molecular formula is C9H6ClF3N4O. The van der Waals surface area contributed by atoms with Gasteiger partial charge in [-0.15, -0.1) is 0 Å². The van der Waals surface area contributed by atoms with E-state index in [2.05, 4.69) is 19.7 Å². The molecule has 2 rings (SSSR count). The highest BCUT2D eigenvalue weighted by molar-refractivity contribution is 6.29. The molecule has 0 fully saturated rings. The lowest BCUT2D eigenvalue weighted by atomic mass is 10.3. The van der Waals surface area contributed by atoms with Gasteiger partial charge in [0.1, 0.15) is 5.15 Å². The summed E-state index contributed by atoms with van der Waals surface area (Å²) in [4.78, 5) is 11.2. The highest BCUT2D eigenvalue weighted by Gasteiger charge is 2.29. The predicted molar refractivity (Wildman–Crippen MR) is 58.3 cm³/mol. The van der Waals surface area contributed by atoms with Crippen molar-refractivity contribution < 1.29 is 17.9 Å². The summed E-state index contributed by atoms with van der Waals surface area (Å²) in [6.07, 6.45) is -4.48. The molecule has 0 aliphatic heterocycles. The van der Waals surface area contributed by atoms with Gasteiger partial charge in [0.15, 0.2) is 12.1 Å². The monoisotopic (exact) mass is 278 g/mol. The number of ether oxygens (including phenoxy) is 1. The third-order valence-electron chi connectivity index (χ3n) is 1.87. The van der Waals surface area contributed by atoms with Crippen LogP contribution in [0.1, 0.15) is 0 Å². The third-order valence-corrected chi connectivity index (χ3v) is 2.08. The summed E-state index contributed by atoms with van der Waals surface area (Å²) < 4.78 is 40.8. The molecule has 5 nitrogen and oxygen atoms in total. The van der Waals surface area contributed by atoms with Crippen LogP contribution in [-0.2, 0) is 0 Å². The first-order valence-corrected chi connectivity index (χ1v) is 5.02. The van der Waals surface area contributed by atoms with Crippen LogP contribution in [0.4, 0.5) is 19.1 Å². The lowest BCUT2D eigenvalue weighted by Crippen LogP contribution is -2.20. The number of fused-ring (bicyclic) bond motifs is 1. The normalized spacial score (nSPS) is 11.8. The number of alkyl halides is 3. The molecule has 2 N–H and O–H groups in total. The number of nitrogens with two attached hydrogens (primary N) is 1. The average molecular weight is 279 g/mol. The van der Waals surface area contributed by atoms with E-state index in [1.165, 1.54) is 12.1 Å². The van der Waals surface area contributed by atoms with E-state index in [0.29, 0.717) is 0 Å². The summed E-state index contributed by atoms with van der Waals surface area (Å²) in [6, 6.07) is 2.90. The molecule has 2 heterocycles. The second kappa shape index (κ2) is 4.45. The molecule has 2 aromatic rings. The van der Waals surface area contributed by atoms with Crippen molar-refractivity contribution >= 4 is 28.6 Å². The number of nitrogen functional groups attached to an aromatic ring is 1. The molecule has 0 aliphatic rings. The van der Waals surface area contributed by atoms with Crippen molar-refractivity contribution in [3.63, 3.8) is 0 Å². The fraction of sp³-hybridized carbons (Fsp3) is 0.222. The van der Waals surface area contributed by atoms with E-state index in [1.54, 1.807) is 0 Å². The van der Waals surface area contributed by atoms with Crippen molar-refractivity contribution in [1.82, 2.24) is 15.0 Å². The van der Waals surface area contributed by atoms with Gasteiger partial charge in [-0.2, -0.15) is 18.2 Å². The fourth-order valence-electron chi connectivity index (χ4n) is 1.23. The molecule has 0 aliphatic carbocycles. The van der Waals surface area contributed by atoms with Crippen LogP contribution in [0, 0.1) is 0 Å². The minimum absolute atomic E-state index is 0.0287. The molecule has 0 radical (unpaired) electrons. The molecule has 0 saturated heterocycles. The second-order valence-corrected chi connectivity index (χ2v) is 3.68. The number of hydrogen-bond acceptors (Lipinski definition) is 5. The number of pyridine rings is 1. The second-order valence-electron chi connectivity index (χ2n) is 3.29. The Labute approximate surface area is 104 Å². The molecule has 0 atom stereocenters. The maximum Gasteiger partial charge on any atom is 0.422 e. The molecule has 96 valence electrons.